The Morgan fingerprint density at radius 3 is 2.75 bits per heavy atom. The molecule has 0 bridgehead atoms. The molecule has 0 unspecified atom stereocenters. The van der Waals surface area contributed by atoms with E-state index in [1.807, 2.05) is 19.0 Å². The van der Waals surface area contributed by atoms with Crippen molar-refractivity contribution in [1.29, 1.82) is 0 Å². The summed E-state index contributed by atoms with van der Waals surface area (Å²) in [5, 5.41) is 3.20. The SMILES string of the molecule is CN(C)CCNC(=O)c1ccc(N)c(Cl)c1. The molecule has 1 amide bonds. The van der Waals surface area contributed by atoms with Crippen LogP contribution in [-0.2, 0) is 0 Å². The summed E-state index contributed by atoms with van der Waals surface area (Å²) in [6.07, 6.45) is 0. The first kappa shape index (κ1) is 12.8. The zero-order chi connectivity index (χ0) is 12.1. The fourth-order valence-electron chi connectivity index (χ4n) is 1.16. The normalized spacial score (nSPS) is 10.5. The summed E-state index contributed by atoms with van der Waals surface area (Å²) in [6, 6.07) is 4.86. The highest BCUT2D eigenvalue weighted by Gasteiger charge is 2.06. The van der Waals surface area contributed by atoms with Gasteiger partial charge in [-0.3, -0.25) is 4.79 Å². The first-order valence-corrected chi connectivity index (χ1v) is 5.36. The molecule has 5 heteroatoms. The third kappa shape index (κ3) is 3.72. The lowest BCUT2D eigenvalue weighted by Crippen LogP contribution is -2.31. The van der Waals surface area contributed by atoms with Crippen LogP contribution in [0.15, 0.2) is 18.2 Å². The van der Waals surface area contributed by atoms with E-state index in [-0.39, 0.29) is 5.91 Å². The molecule has 1 aromatic rings. The standard InChI is InChI=1S/C11H16ClN3O/c1-15(2)6-5-14-11(16)8-3-4-10(13)9(12)7-8/h3-4,7H,5-6,13H2,1-2H3,(H,14,16). The second-order valence-corrected chi connectivity index (χ2v) is 4.20. The molecule has 16 heavy (non-hydrogen) atoms. The minimum Gasteiger partial charge on any atom is -0.398 e. The van der Waals surface area contributed by atoms with E-state index < -0.39 is 0 Å². The summed E-state index contributed by atoms with van der Waals surface area (Å²) in [7, 11) is 3.90. The first-order chi connectivity index (χ1) is 7.50. The minimum atomic E-state index is -0.135. The lowest BCUT2D eigenvalue weighted by molar-refractivity contribution is 0.0951. The smallest absolute Gasteiger partial charge is 0.251 e. The van der Waals surface area contributed by atoms with Crippen molar-refractivity contribution in [1.82, 2.24) is 10.2 Å². The van der Waals surface area contributed by atoms with Gasteiger partial charge in [-0.1, -0.05) is 11.6 Å². The van der Waals surface area contributed by atoms with E-state index >= 15 is 0 Å². The molecular weight excluding hydrogens is 226 g/mol. The van der Waals surface area contributed by atoms with Crippen LogP contribution >= 0.6 is 11.6 Å². The molecule has 88 valence electrons. The molecule has 0 radical (unpaired) electrons. The van der Waals surface area contributed by atoms with E-state index in [9.17, 15) is 4.79 Å². The Hall–Kier alpha value is -1.26. The van der Waals surface area contributed by atoms with Crippen molar-refractivity contribution in [2.45, 2.75) is 0 Å². The molecule has 0 saturated heterocycles. The number of halogens is 1. The zero-order valence-corrected chi connectivity index (χ0v) is 10.2. The summed E-state index contributed by atoms with van der Waals surface area (Å²) in [6.45, 7) is 1.41. The fourth-order valence-corrected chi connectivity index (χ4v) is 1.34. The van der Waals surface area contributed by atoms with Crippen LogP contribution in [-0.4, -0.2) is 38.0 Å². The Kier molecular flexibility index (Phi) is 4.58. The van der Waals surface area contributed by atoms with Gasteiger partial charge in [0.15, 0.2) is 0 Å². The van der Waals surface area contributed by atoms with Crippen molar-refractivity contribution in [3.05, 3.63) is 28.8 Å². The van der Waals surface area contributed by atoms with Gasteiger partial charge >= 0.3 is 0 Å². The topological polar surface area (TPSA) is 58.4 Å². The van der Waals surface area contributed by atoms with Gasteiger partial charge in [0.1, 0.15) is 0 Å². The van der Waals surface area contributed by atoms with E-state index in [4.69, 9.17) is 17.3 Å². The second-order valence-electron chi connectivity index (χ2n) is 3.80. The molecule has 0 fully saturated rings. The van der Waals surface area contributed by atoms with E-state index in [2.05, 4.69) is 5.32 Å². The predicted molar refractivity (Wildman–Crippen MR) is 66.8 cm³/mol. The van der Waals surface area contributed by atoms with Gasteiger partial charge in [-0.15, -0.1) is 0 Å². The molecule has 0 aliphatic heterocycles. The Bertz CT molecular complexity index is 379. The average Bonchev–Trinajstić information content (AvgIpc) is 2.21. The fraction of sp³-hybridized carbons (Fsp3) is 0.364. The maximum Gasteiger partial charge on any atom is 0.251 e. The summed E-state index contributed by atoms with van der Waals surface area (Å²) >= 11 is 5.83. The Morgan fingerprint density at radius 2 is 2.19 bits per heavy atom. The maximum absolute atomic E-state index is 11.7. The number of nitrogens with one attached hydrogen (secondary N) is 1. The van der Waals surface area contributed by atoms with Crippen molar-refractivity contribution in [2.75, 3.05) is 32.9 Å². The largest absolute Gasteiger partial charge is 0.398 e. The number of benzene rings is 1. The van der Waals surface area contributed by atoms with Crippen molar-refractivity contribution in [3.63, 3.8) is 0 Å². The highest BCUT2D eigenvalue weighted by Crippen LogP contribution is 2.19. The molecule has 1 rings (SSSR count). The highest BCUT2D eigenvalue weighted by molar-refractivity contribution is 6.33. The van der Waals surface area contributed by atoms with Crippen LogP contribution in [0, 0.1) is 0 Å². The summed E-state index contributed by atoms with van der Waals surface area (Å²) in [4.78, 5) is 13.7. The van der Waals surface area contributed by atoms with Crippen LogP contribution < -0.4 is 11.1 Å². The van der Waals surface area contributed by atoms with Crippen LogP contribution in [0.3, 0.4) is 0 Å². The molecule has 0 aliphatic rings. The van der Waals surface area contributed by atoms with Crippen LogP contribution in [0.25, 0.3) is 0 Å². The van der Waals surface area contributed by atoms with Crippen LogP contribution in [0.1, 0.15) is 10.4 Å². The molecule has 4 nitrogen and oxygen atoms in total. The monoisotopic (exact) mass is 241 g/mol. The summed E-state index contributed by atoms with van der Waals surface area (Å²) in [5.74, 6) is -0.135. The van der Waals surface area contributed by atoms with E-state index in [0.29, 0.717) is 22.8 Å². The molecule has 3 N–H and O–H groups in total. The number of likely N-dealkylation sites (N-methyl/N-ethyl adjacent to an activating group) is 1. The average molecular weight is 242 g/mol. The van der Waals surface area contributed by atoms with Crippen LogP contribution in [0.4, 0.5) is 5.69 Å². The van der Waals surface area contributed by atoms with Gasteiger partial charge in [0.05, 0.1) is 10.7 Å². The molecule has 0 heterocycles. The number of rotatable bonds is 4. The van der Waals surface area contributed by atoms with Gasteiger partial charge in [-0.2, -0.15) is 0 Å². The third-order valence-corrected chi connectivity index (χ3v) is 2.43. The summed E-state index contributed by atoms with van der Waals surface area (Å²) < 4.78 is 0. The molecular formula is C11H16ClN3O. The van der Waals surface area contributed by atoms with Gasteiger partial charge in [0.2, 0.25) is 0 Å². The molecule has 0 aromatic heterocycles. The molecule has 0 aliphatic carbocycles. The number of nitrogens with zero attached hydrogens (tertiary/aromatic N) is 1. The molecule has 0 atom stereocenters. The molecule has 1 aromatic carbocycles. The quantitative estimate of drug-likeness (QED) is 0.780. The maximum atomic E-state index is 11.7. The summed E-state index contributed by atoms with van der Waals surface area (Å²) in [5.41, 5.74) is 6.56. The van der Waals surface area contributed by atoms with Gasteiger partial charge in [0, 0.05) is 18.7 Å². The van der Waals surface area contributed by atoms with Crippen molar-refractivity contribution in [2.24, 2.45) is 0 Å². The van der Waals surface area contributed by atoms with E-state index in [0.717, 1.165) is 6.54 Å². The molecule has 0 spiro atoms. The lowest BCUT2D eigenvalue weighted by atomic mass is 10.2. The minimum absolute atomic E-state index is 0.135. The first-order valence-electron chi connectivity index (χ1n) is 4.98. The highest BCUT2D eigenvalue weighted by atomic mass is 35.5. The number of carbonyl (C=O) groups excluding carboxylic acids is 1. The van der Waals surface area contributed by atoms with Crippen molar-refractivity contribution in [3.8, 4) is 0 Å². The number of anilines is 1. The van der Waals surface area contributed by atoms with Crippen LogP contribution in [0.2, 0.25) is 5.02 Å². The van der Waals surface area contributed by atoms with E-state index in [1.165, 1.54) is 0 Å². The predicted octanol–water partition coefficient (Wildman–Crippen LogP) is 1.21. The number of carbonyl (C=O) groups is 1. The Balaban J connectivity index is 2.56. The molecule has 0 saturated carbocycles. The number of hydrogen-bond donors (Lipinski definition) is 2. The van der Waals surface area contributed by atoms with Crippen LogP contribution in [0.5, 0.6) is 0 Å². The lowest BCUT2D eigenvalue weighted by Gasteiger charge is -2.10. The number of nitrogen functional groups attached to an aromatic ring is 1. The number of hydrogen-bond acceptors (Lipinski definition) is 3. The number of amides is 1. The Morgan fingerprint density at radius 1 is 1.50 bits per heavy atom. The van der Waals surface area contributed by atoms with Gasteiger partial charge in [-0.05, 0) is 32.3 Å². The van der Waals surface area contributed by atoms with Gasteiger partial charge < -0.3 is 16.0 Å². The van der Waals surface area contributed by atoms with E-state index in [1.54, 1.807) is 18.2 Å². The number of nitrogens with two attached hydrogens (primary N) is 1. The Labute approximate surface area is 100 Å². The van der Waals surface area contributed by atoms with Crippen molar-refractivity contribution >= 4 is 23.2 Å². The van der Waals surface area contributed by atoms with Gasteiger partial charge in [0.25, 0.3) is 5.91 Å². The third-order valence-electron chi connectivity index (χ3n) is 2.11. The van der Waals surface area contributed by atoms with Gasteiger partial charge in [-0.25, -0.2) is 0 Å². The zero-order valence-electron chi connectivity index (χ0n) is 9.46. The van der Waals surface area contributed by atoms with Crippen molar-refractivity contribution < 1.29 is 4.79 Å². The second kappa shape index (κ2) is 5.72.